The summed E-state index contributed by atoms with van der Waals surface area (Å²) < 4.78 is 36.4. The lowest BCUT2D eigenvalue weighted by atomic mass is 10.1. The first-order chi connectivity index (χ1) is 8.78. The van der Waals surface area contributed by atoms with Crippen LogP contribution in [0.25, 0.3) is 0 Å². The maximum absolute atomic E-state index is 12.1. The molecular weight excluding hydrogens is 281 g/mol. The van der Waals surface area contributed by atoms with Crippen LogP contribution in [0.15, 0.2) is 0 Å². The minimum Gasteiger partial charge on any atom is -0.481 e. The summed E-state index contributed by atoms with van der Waals surface area (Å²) in [6.07, 6.45) is -3.94. The number of carboxylic acids is 1. The number of aliphatic carboxylic acids is 1. The van der Waals surface area contributed by atoms with Crippen molar-refractivity contribution in [1.29, 1.82) is 0 Å². The third-order valence-corrected chi connectivity index (χ3v) is 4.31. The molecule has 19 heavy (non-hydrogen) atoms. The molecule has 0 aliphatic heterocycles. The number of halogens is 3. The Hall–Kier alpha value is -1.31. The van der Waals surface area contributed by atoms with Gasteiger partial charge in [-0.3, -0.25) is 4.79 Å². The Morgan fingerprint density at radius 3 is 2.84 bits per heavy atom. The monoisotopic (exact) mass is 294 g/mol. The van der Waals surface area contributed by atoms with Gasteiger partial charge in [-0.05, 0) is 12.8 Å². The van der Waals surface area contributed by atoms with E-state index < -0.39 is 24.5 Å². The van der Waals surface area contributed by atoms with Crippen molar-refractivity contribution in [3.63, 3.8) is 0 Å². The smallest absolute Gasteiger partial charge is 0.390 e. The zero-order valence-electron chi connectivity index (χ0n) is 10.2. The first-order valence-corrected chi connectivity index (χ1v) is 6.60. The largest absolute Gasteiger partial charge is 0.481 e. The fourth-order valence-corrected chi connectivity index (χ4v) is 3.13. The SMILES string of the molecule is CN(CCC(F)(F)F)c1nc2c(s1)CCC2C(=O)O. The normalized spacial score (nSPS) is 18.4. The average molecular weight is 294 g/mol. The molecule has 1 atom stereocenters. The van der Waals surface area contributed by atoms with Crippen molar-refractivity contribution < 1.29 is 23.1 Å². The van der Waals surface area contributed by atoms with Crippen LogP contribution in [0, 0.1) is 0 Å². The molecule has 0 bridgehead atoms. The summed E-state index contributed by atoms with van der Waals surface area (Å²) in [5.74, 6) is -1.54. The molecule has 4 nitrogen and oxygen atoms in total. The van der Waals surface area contributed by atoms with E-state index in [1.165, 1.54) is 23.3 Å². The third-order valence-electron chi connectivity index (χ3n) is 3.06. The van der Waals surface area contributed by atoms with E-state index >= 15 is 0 Å². The predicted octanol–water partition coefficient (Wildman–Crippen LogP) is 2.65. The number of carboxylic acid groups (broad SMARTS) is 1. The standard InChI is InChI=1S/C11H13F3N2O2S/c1-16(5-4-11(12,13)14)10-15-8-6(9(17)18)2-3-7(8)19-10/h6H,2-5H2,1H3,(H,17,18). The molecule has 2 rings (SSSR count). The zero-order valence-corrected chi connectivity index (χ0v) is 11.0. The number of hydrogen-bond donors (Lipinski definition) is 1. The molecule has 1 aromatic rings. The van der Waals surface area contributed by atoms with Crippen molar-refractivity contribution in [3.05, 3.63) is 10.6 Å². The molecule has 0 spiro atoms. The average Bonchev–Trinajstić information content (AvgIpc) is 2.82. The molecule has 1 aromatic heterocycles. The number of aromatic nitrogens is 1. The van der Waals surface area contributed by atoms with Gasteiger partial charge < -0.3 is 10.0 Å². The number of alkyl halides is 3. The lowest BCUT2D eigenvalue weighted by Crippen LogP contribution is -2.24. The van der Waals surface area contributed by atoms with E-state index in [0.29, 0.717) is 23.7 Å². The molecule has 0 saturated carbocycles. The Balaban J connectivity index is 2.07. The van der Waals surface area contributed by atoms with E-state index in [2.05, 4.69) is 4.98 Å². The molecule has 1 aliphatic rings. The van der Waals surface area contributed by atoms with E-state index in [1.54, 1.807) is 0 Å². The first-order valence-electron chi connectivity index (χ1n) is 5.78. The Kier molecular flexibility index (Phi) is 3.71. The molecule has 0 fully saturated rings. The highest BCUT2D eigenvalue weighted by atomic mass is 32.1. The van der Waals surface area contributed by atoms with Gasteiger partial charge in [-0.1, -0.05) is 0 Å². The second-order valence-corrected chi connectivity index (χ2v) is 5.58. The quantitative estimate of drug-likeness (QED) is 0.927. The molecule has 1 N–H and O–H groups in total. The number of fused-ring (bicyclic) bond motifs is 1. The van der Waals surface area contributed by atoms with E-state index in [1.807, 2.05) is 0 Å². The zero-order chi connectivity index (χ0) is 14.2. The van der Waals surface area contributed by atoms with E-state index in [9.17, 15) is 18.0 Å². The molecule has 0 aromatic carbocycles. The molecule has 1 unspecified atom stereocenters. The molecule has 0 radical (unpaired) electrons. The highest BCUT2D eigenvalue weighted by Gasteiger charge is 2.33. The van der Waals surface area contributed by atoms with Gasteiger partial charge in [-0.2, -0.15) is 13.2 Å². The van der Waals surface area contributed by atoms with Crippen LogP contribution in [-0.4, -0.2) is 35.8 Å². The van der Waals surface area contributed by atoms with Crippen LogP contribution < -0.4 is 4.90 Å². The van der Waals surface area contributed by atoms with Crippen molar-refractivity contribution in [3.8, 4) is 0 Å². The van der Waals surface area contributed by atoms with Gasteiger partial charge >= 0.3 is 12.1 Å². The highest BCUT2D eigenvalue weighted by molar-refractivity contribution is 7.15. The van der Waals surface area contributed by atoms with Crippen LogP contribution in [0.1, 0.15) is 29.3 Å². The number of aryl methyl sites for hydroxylation is 1. The van der Waals surface area contributed by atoms with Crippen molar-refractivity contribution in [2.75, 3.05) is 18.5 Å². The minimum atomic E-state index is -4.20. The predicted molar refractivity (Wildman–Crippen MR) is 64.8 cm³/mol. The van der Waals surface area contributed by atoms with Gasteiger partial charge in [0.1, 0.15) is 5.92 Å². The Morgan fingerprint density at radius 1 is 1.58 bits per heavy atom. The lowest BCUT2D eigenvalue weighted by molar-refractivity contribution is -0.138. The van der Waals surface area contributed by atoms with Gasteiger partial charge in [0, 0.05) is 18.5 Å². The van der Waals surface area contributed by atoms with Crippen molar-refractivity contribution >= 4 is 22.4 Å². The summed E-state index contributed by atoms with van der Waals surface area (Å²) in [6.45, 7) is -0.173. The lowest BCUT2D eigenvalue weighted by Gasteiger charge is -2.17. The van der Waals surface area contributed by atoms with Gasteiger partial charge in [0.2, 0.25) is 0 Å². The number of carbonyl (C=O) groups is 1. The number of nitrogens with zero attached hydrogens (tertiary/aromatic N) is 2. The minimum absolute atomic E-state index is 0.173. The summed E-state index contributed by atoms with van der Waals surface area (Å²) >= 11 is 1.29. The summed E-state index contributed by atoms with van der Waals surface area (Å²) in [5.41, 5.74) is 0.520. The second-order valence-electron chi connectivity index (χ2n) is 4.52. The number of thiazole rings is 1. The highest BCUT2D eigenvalue weighted by Crippen LogP contribution is 2.39. The molecular formula is C11H13F3N2O2S. The number of anilines is 1. The first kappa shape index (κ1) is 14.1. The Labute approximate surface area is 111 Å². The summed E-state index contributed by atoms with van der Waals surface area (Å²) in [7, 11) is 1.54. The number of rotatable bonds is 4. The number of hydrogen-bond acceptors (Lipinski definition) is 4. The molecule has 1 aliphatic carbocycles. The van der Waals surface area contributed by atoms with Crippen molar-refractivity contribution in [1.82, 2.24) is 4.98 Å². The maximum Gasteiger partial charge on any atom is 0.390 e. The van der Waals surface area contributed by atoms with Crippen molar-refractivity contribution in [2.24, 2.45) is 0 Å². The van der Waals surface area contributed by atoms with Crippen molar-refractivity contribution in [2.45, 2.75) is 31.4 Å². The van der Waals surface area contributed by atoms with Gasteiger partial charge in [0.25, 0.3) is 0 Å². The topological polar surface area (TPSA) is 53.4 Å². The molecule has 1 heterocycles. The molecule has 0 amide bonds. The van der Waals surface area contributed by atoms with Crippen LogP contribution in [0.3, 0.4) is 0 Å². The Morgan fingerprint density at radius 2 is 2.26 bits per heavy atom. The van der Waals surface area contributed by atoms with Crippen LogP contribution in [0.5, 0.6) is 0 Å². The summed E-state index contributed by atoms with van der Waals surface area (Å²) in [5, 5.41) is 9.48. The summed E-state index contributed by atoms with van der Waals surface area (Å²) in [6, 6.07) is 0. The molecule has 0 saturated heterocycles. The third kappa shape index (κ3) is 3.17. The van der Waals surface area contributed by atoms with E-state index in [4.69, 9.17) is 5.11 Å². The van der Waals surface area contributed by atoms with Gasteiger partial charge in [0.05, 0.1) is 12.1 Å². The van der Waals surface area contributed by atoms with Crippen LogP contribution in [0.2, 0.25) is 0 Å². The van der Waals surface area contributed by atoms with Gasteiger partial charge in [0.15, 0.2) is 5.13 Å². The van der Waals surface area contributed by atoms with E-state index in [0.717, 1.165) is 4.88 Å². The second kappa shape index (κ2) is 4.99. The Bertz CT molecular complexity index is 487. The van der Waals surface area contributed by atoms with Crippen LogP contribution in [0.4, 0.5) is 18.3 Å². The fourth-order valence-electron chi connectivity index (χ4n) is 2.01. The van der Waals surface area contributed by atoms with Gasteiger partial charge in [-0.15, -0.1) is 11.3 Å². The molecule has 8 heteroatoms. The summed E-state index contributed by atoms with van der Waals surface area (Å²) in [4.78, 5) is 17.5. The molecule has 106 valence electrons. The fraction of sp³-hybridized carbons (Fsp3) is 0.636. The van der Waals surface area contributed by atoms with Gasteiger partial charge in [-0.25, -0.2) is 4.98 Å². The van der Waals surface area contributed by atoms with E-state index in [-0.39, 0.29) is 6.54 Å². The maximum atomic E-state index is 12.1. The van der Waals surface area contributed by atoms with Crippen LogP contribution in [-0.2, 0) is 11.2 Å². The van der Waals surface area contributed by atoms with Crippen LogP contribution >= 0.6 is 11.3 Å².